The van der Waals surface area contributed by atoms with E-state index in [0.29, 0.717) is 0 Å². The number of hydrogen-bond acceptors (Lipinski definition) is 9. The Morgan fingerprint density at radius 2 is 1.61 bits per heavy atom. The maximum Gasteiger partial charge on any atom is 0.361 e. The molecule has 0 aliphatic carbocycles. The molecule has 0 spiro atoms. The molecule has 0 aliphatic rings. The van der Waals surface area contributed by atoms with Crippen molar-refractivity contribution in [3.05, 3.63) is 34.4 Å². The predicted octanol–water partition coefficient (Wildman–Crippen LogP) is 3.44. The fourth-order valence-electron chi connectivity index (χ4n) is 2.21. The smallest absolute Gasteiger partial charge is 0.361 e. The van der Waals surface area contributed by atoms with E-state index < -0.39 is 40.7 Å². The predicted molar refractivity (Wildman–Crippen MR) is 102 cm³/mol. The number of nitro groups is 1. The lowest BCUT2D eigenvalue weighted by Gasteiger charge is -2.29. The quantitative estimate of drug-likeness (QED) is 0.224. The highest BCUT2D eigenvalue weighted by Crippen LogP contribution is 2.57. The van der Waals surface area contributed by atoms with E-state index in [-0.39, 0.29) is 30.0 Å². The van der Waals surface area contributed by atoms with Crippen molar-refractivity contribution in [2.45, 2.75) is 63.5 Å². The monoisotopic (exact) mass is 439 g/mol. The molecule has 0 aromatic heterocycles. The standard InChI is InChI=1S/C16H26NO9PS/c1-12(2)24-27(21,25-13(3)4)16(6-5-11-18)26-28(22,23)15-9-7-14(8-10-15)17(19)20/h7-10,12-13,16,18H,5-6,11H2,1-4H3/t16-/m0/s1. The van der Waals surface area contributed by atoms with Crippen LogP contribution >= 0.6 is 7.60 Å². The van der Waals surface area contributed by atoms with Crippen LogP contribution in [-0.4, -0.2) is 43.1 Å². The van der Waals surface area contributed by atoms with Crippen LogP contribution < -0.4 is 0 Å². The maximum atomic E-state index is 13.3. The van der Waals surface area contributed by atoms with Gasteiger partial charge in [0.05, 0.1) is 22.0 Å². The Balaban J connectivity index is 3.23. The topological polar surface area (TPSA) is 142 Å². The molecule has 0 amide bonds. The van der Waals surface area contributed by atoms with E-state index in [2.05, 4.69) is 0 Å². The molecule has 0 unspecified atom stereocenters. The van der Waals surface area contributed by atoms with E-state index in [1.165, 1.54) is 0 Å². The summed E-state index contributed by atoms with van der Waals surface area (Å²) in [5.41, 5.74) is -0.285. The molecule has 0 heterocycles. The van der Waals surface area contributed by atoms with Crippen LogP contribution in [0.5, 0.6) is 0 Å². The van der Waals surface area contributed by atoms with Crippen molar-refractivity contribution in [3.63, 3.8) is 0 Å². The summed E-state index contributed by atoms with van der Waals surface area (Å²) in [5.74, 6) is -1.48. The van der Waals surface area contributed by atoms with Gasteiger partial charge >= 0.3 is 7.60 Å². The summed E-state index contributed by atoms with van der Waals surface area (Å²) in [5, 5.41) is 19.8. The van der Waals surface area contributed by atoms with E-state index in [0.717, 1.165) is 24.3 Å². The van der Waals surface area contributed by atoms with Gasteiger partial charge in [0, 0.05) is 18.7 Å². The molecule has 1 N–H and O–H groups in total. The van der Waals surface area contributed by atoms with Gasteiger partial charge < -0.3 is 14.2 Å². The number of benzene rings is 1. The minimum absolute atomic E-state index is 0.0978. The Hall–Kier alpha value is -1.36. The summed E-state index contributed by atoms with van der Waals surface area (Å²) in [6, 6.07) is 4.09. The second-order valence-electron chi connectivity index (χ2n) is 6.47. The van der Waals surface area contributed by atoms with Gasteiger partial charge in [0.15, 0.2) is 5.85 Å². The van der Waals surface area contributed by atoms with E-state index in [1.54, 1.807) is 27.7 Å². The van der Waals surface area contributed by atoms with Gasteiger partial charge in [-0.1, -0.05) is 0 Å². The Labute approximate surface area is 164 Å². The molecule has 1 aromatic rings. The fraction of sp³-hybridized carbons (Fsp3) is 0.625. The number of aliphatic hydroxyl groups is 1. The molecule has 0 aliphatic heterocycles. The molecule has 12 heteroatoms. The van der Waals surface area contributed by atoms with Crippen molar-refractivity contribution >= 4 is 23.4 Å². The Kier molecular flexibility index (Phi) is 9.19. The van der Waals surface area contributed by atoms with Gasteiger partial charge in [0.25, 0.3) is 15.8 Å². The van der Waals surface area contributed by atoms with Crippen LogP contribution in [0.4, 0.5) is 5.69 Å². The lowest BCUT2D eigenvalue weighted by molar-refractivity contribution is -0.384. The zero-order valence-corrected chi connectivity index (χ0v) is 17.9. The van der Waals surface area contributed by atoms with Crippen LogP contribution in [0.25, 0.3) is 0 Å². The molecule has 10 nitrogen and oxygen atoms in total. The van der Waals surface area contributed by atoms with Gasteiger partial charge in [0.2, 0.25) is 0 Å². The number of non-ortho nitro benzene ring substituents is 1. The van der Waals surface area contributed by atoms with Crippen molar-refractivity contribution < 1.29 is 36.2 Å². The highest BCUT2D eigenvalue weighted by atomic mass is 32.2. The Morgan fingerprint density at radius 1 is 1.11 bits per heavy atom. The van der Waals surface area contributed by atoms with Gasteiger partial charge in [-0.25, -0.2) is 0 Å². The second kappa shape index (κ2) is 10.4. The number of rotatable bonds is 12. The van der Waals surface area contributed by atoms with Crippen molar-refractivity contribution in [3.8, 4) is 0 Å². The Bertz CT molecular complexity index is 779. The third-order valence-corrected chi connectivity index (χ3v) is 7.23. The molecule has 28 heavy (non-hydrogen) atoms. The molecule has 0 bridgehead atoms. The summed E-state index contributed by atoms with van der Waals surface area (Å²) in [7, 11) is -8.46. The first-order valence-electron chi connectivity index (χ1n) is 8.66. The summed E-state index contributed by atoms with van der Waals surface area (Å²) in [6.45, 7) is 6.18. The average molecular weight is 439 g/mol. The van der Waals surface area contributed by atoms with Gasteiger partial charge in [-0.15, -0.1) is 0 Å². The first-order chi connectivity index (χ1) is 12.9. The number of aliphatic hydroxyl groups excluding tert-OH is 1. The second-order valence-corrected chi connectivity index (χ2v) is 10.1. The lowest BCUT2D eigenvalue weighted by atomic mass is 10.3. The highest BCUT2D eigenvalue weighted by Gasteiger charge is 2.42. The molecule has 0 saturated heterocycles. The van der Waals surface area contributed by atoms with Gasteiger partial charge in [-0.05, 0) is 52.7 Å². The van der Waals surface area contributed by atoms with Crippen molar-refractivity contribution in [1.29, 1.82) is 0 Å². The van der Waals surface area contributed by atoms with Crippen molar-refractivity contribution in [1.82, 2.24) is 0 Å². The molecular formula is C16H26NO9PS. The van der Waals surface area contributed by atoms with Crippen LogP contribution in [0.15, 0.2) is 29.2 Å². The Morgan fingerprint density at radius 3 is 2.00 bits per heavy atom. The minimum atomic E-state index is -4.42. The van der Waals surface area contributed by atoms with Crippen LogP contribution in [0.3, 0.4) is 0 Å². The third-order valence-electron chi connectivity index (χ3n) is 3.25. The molecule has 1 atom stereocenters. The van der Waals surface area contributed by atoms with Crippen molar-refractivity contribution in [2.24, 2.45) is 0 Å². The van der Waals surface area contributed by atoms with E-state index >= 15 is 0 Å². The molecule has 1 aromatic carbocycles. The van der Waals surface area contributed by atoms with E-state index in [1.807, 2.05) is 0 Å². The third kappa shape index (κ3) is 7.23. The van der Waals surface area contributed by atoms with Gasteiger partial charge in [-0.2, -0.15) is 8.42 Å². The minimum Gasteiger partial charge on any atom is -0.396 e. The van der Waals surface area contributed by atoms with Crippen LogP contribution in [-0.2, 0) is 27.9 Å². The van der Waals surface area contributed by atoms with E-state index in [4.69, 9.17) is 18.3 Å². The number of nitro benzene ring substituents is 1. The lowest BCUT2D eigenvalue weighted by Crippen LogP contribution is -2.24. The summed E-state index contributed by atoms with van der Waals surface area (Å²) < 4.78 is 54.5. The molecule has 0 saturated carbocycles. The summed E-state index contributed by atoms with van der Waals surface area (Å²) >= 11 is 0. The number of hydrogen-bond donors (Lipinski definition) is 1. The van der Waals surface area contributed by atoms with E-state index in [9.17, 15) is 23.1 Å². The zero-order chi connectivity index (χ0) is 21.5. The average Bonchev–Trinajstić information content (AvgIpc) is 2.57. The maximum absolute atomic E-state index is 13.3. The van der Waals surface area contributed by atoms with Crippen LogP contribution in [0.1, 0.15) is 40.5 Å². The fourth-order valence-corrected chi connectivity index (χ4v) is 5.94. The number of nitrogens with zero attached hydrogens (tertiary/aromatic N) is 1. The van der Waals surface area contributed by atoms with Gasteiger partial charge in [-0.3, -0.25) is 18.9 Å². The highest BCUT2D eigenvalue weighted by molar-refractivity contribution is 7.87. The summed E-state index contributed by atoms with van der Waals surface area (Å²) in [6.07, 6.45) is -1.06. The van der Waals surface area contributed by atoms with Crippen LogP contribution in [0.2, 0.25) is 0 Å². The zero-order valence-electron chi connectivity index (χ0n) is 16.2. The van der Waals surface area contributed by atoms with Crippen molar-refractivity contribution in [2.75, 3.05) is 6.61 Å². The molecular weight excluding hydrogens is 413 g/mol. The summed E-state index contributed by atoms with van der Waals surface area (Å²) in [4.78, 5) is 9.72. The largest absolute Gasteiger partial charge is 0.396 e. The van der Waals surface area contributed by atoms with Crippen LogP contribution in [0, 0.1) is 10.1 Å². The normalized spacial score (nSPS) is 13.8. The molecule has 0 radical (unpaired) electrons. The molecule has 160 valence electrons. The molecule has 1 rings (SSSR count). The SMILES string of the molecule is CC(C)OP(=O)(OC(C)C)[C@@H](CCCO)OS(=O)(=O)c1ccc([N+](=O)[O-])cc1. The molecule has 0 fully saturated rings. The van der Waals surface area contributed by atoms with Gasteiger partial charge in [0.1, 0.15) is 0 Å². The first-order valence-corrected chi connectivity index (χ1v) is 11.7. The first kappa shape index (κ1) is 24.7.